The van der Waals surface area contributed by atoms with Crippen molar-refractivity contribution in [2.75, 3.05) is 41.1 Å². The number of hydrogen-bond acceptors (Lipinski definition) is 7. The van der Waals surface area contributed by atoms with Crippen molar-refractivity contribution in [1.29, 1.82) is 0 Å². The summed E-state index contributed by atoms with van der Waals surface area (Å²) in [7, 11) is 4.54. The molecule has 0 bridgehead atoms. The van der Waals surface area contributed by atoms with Gasteiger partial charge in [-0.3, -0.25) is 9.59 Å². The molecule has 2 aromatic rings. The number of amides is 1. The van der Waals surface area contributed by atoms with E-state index >= 15 is 0 Å². The van der Waals surface area contributed by atoms with Crippen molar-refractivity contribution < 1.29 is 33.6 Å². The summed E-state index contributed by atoms with van der Waals surface area (Å²) in [6.07, 6.45) is 0. The highest BCUT2D eigenvalue weighted by Gasteiger charge is 2.46. The zero-order valence-electron chi connectivity index (χ0n) is 18.6. The molecule has 1 heterocycles. The van der Waals surface area contributed by atoms with Crippen LogP contribution < -0.4 is 14.2 Å². The summed E-state index contributed by atoms with van der Waals surface area (Å²) in [5, 5.41) is 11.1. The molecule has 0 aliphatic carbocycles. The van der Waals surface area contributed by atoms with Crippen LogP contribution in [0.1, 0.15) is 24.1 Å². The molecule has 2 aromatic carbocycles. The first-order chi connectivity index (χ1) is 15.5. The topological polar surface area (TPSA) is 94.5 Å². The van der Waals surface area contributed by atoms with E-state index in [1.807, 2.05) is 6.92 Å². The minimum Gasteiger partial charge on any atom is -0.507 e. The van der Waals surface area contributed by atoms with Gasteiger partial charge in [0.1, 0.15) is 11.5 Å². The molecule has 1 fully saturated rings. The summed E-state index contributed by atoms with van der Waals surface area (Å²) >= 11 is 0. The second-order valence-corrected chi connectivity index (χ2v) is 7.06. The maximum absolute atomic E-state index is 13.0. The number of likely N-dealkylation sites (tertiary alicyclic amines) is 1. The normalized spacial score (nSPS) is 17.5. The van der Waals surface area contributed by atoms with Gasteiger partial charge in [0.2, 0.25) is 0 Å². The molecule has 0 saturated carbocycles. The number of aliphatic hydroxyl groups is 1. The molecule has 1 aliphatic rings. The van der Waals surface area contributed by atoms with E-state index in [1.54, 1.807) is 42.5 Å². The predicted octanol–water partition coefficient (Wildman–Crippen LogP) is 3.17. The van der Waals surface area contributed by atoms with Crippen LogP contribution in [0.4, 0.5) is 0 Å². The zero-order chi connectivity index (χ0) is 23.3. The van der Waals surface area contributed by atoms with Crippen molar-refractivity contribution in [2.45, 2.75) is 13.0 Å². The molecule has 1 atom stereocenters. The zero-order valence-corrected chi connectivity index (χ0v) is 18.6. The van der Waals surface area contributed by atoms with Gasteiger partial charge in [0.25, 0.3) is 11.7 Å². The fourth-order valence-electron chi connectivity index (χ4n) is 3.73. The van der Waals surface area contributed by atoms with E-state index in [0.29, 0.717) is 35.0 Å². The Hall–Kier alpha value is -3.52. The summed E-state index contributed by atoms with van der Waals surface area (Å²) in [4.78, 5) is 27.3. The number of carbonyl (C=O) groups excluding carboxylic acids is 2. The van der Waals surface area contributed by atoms with Gasteiger partial charge in [-0.25, -0.2) is 0 Å². The molecule has 0 radical (unpaired) electrons. The number of ketones is 1. The number of benzene rings is 2. The third kappa shape index (κ3) is 4.40. The Bertz CT molecular complexity index is 1030. The second kappa shape index (κ2) is 10.2. The van der Waals surface area contributed by atoms with E-state index in [1.165, 1.54) is 26.2 Å². The van der Waals surface area contributed by atoms with E-state index in [0.717, 1.165) is 0 Å². The van der Waals surface area contributed by atoms with Gasteiger partial charge in [0, 0.05) is 19.2 Å². The SMILES string of the molecule is CCOc1cccc(/C(O)=C2\C(=O)C(=O)N(CCOC)C2c2ccc(OC)c(OC)c2)c1. The number of hydrogen-bond donors (Lipinski definition) is 1. The molecule has 170 valence electrons. The van der Waals surface area contributed by atoms with Crippen molar-refractivity contribution >= 4 is 17.4 Å². The molecule has 1 amide bonds. The molecule has 8 heteroatoms. The Balaban J connectivity index is 2.18. The molecule has 0 spiro atoms. The molecule has 1 unspecified atom stereocenters. The minimum atomic E-state index is -0.819. The van der Waals surface area contributed by atoms with E-state index in [9.17, 15) is 14.7 Å². The van der Waals surface area contributed by atoms with Gasteiger partial charge in [-0.2, -0.15) is 0 Å². The largest absolute Gasteiger partial charge is 0.507 e. The third-order valence-electron chi connectivity index (χ3n) is 5.22. The highest BCUT2D eigenvalue weighted by molar-refractivity contribution is 6.46. The van der Waals surface area contributed by atoms with Crippen LogP contribution in [0.5, 0.6) is 17.2 Å². The number of Topliss-reactive ketones (excluding diaryl/α,β-unsaturated/α-hetero) is 1. The van der Waals surface area contributed by atoms with Crippen LogP contribution in [-0.2, 0) is 14.3 Å². The Morgan fingerprint density at radius 2 is 1.78 bits per heavy atom. The first-order valence-corrected chi connectivity index (χ1v) is 10.2. The smallest absolute Gasteiger partial charge is 0.295 e. The Morgan fingerprint density at radius 1 is 1.03 bits per heavy atom. The van der Waals surface area contributed by atoms with Gasteiger partial charge in [0.05, 0.1) is 39.0 Å². The summed E-state index contributed by atoms with van der Waals surface area (Å²) in [5.41, 5.74) is 0.971. The monoisotopic (exact) mass is 441 g/mol. The molecule has 1 saturated heterocycles. The summed E-state index contributed by atoms with van der Waals surface area (Å²) in [5.74, 6) is -0.239. The second-order valence-electron chi connectivity index (χ2n) is 7.06. The first-order valence-electron chi connectivity index (χ1n) is 10.2. The van der Waals surface area contributed by atoms with Crippen molar-refractivity contribution in [1.82, 2.24) is 4.90 Å². The standard InChI is InChI=1S/C24H27NO7/c1-5-32-17-8-6-7-16(13-17)22(26)20-21(25(11-12-29-2)24(28)23(20)27)15-9-10-18(30-3)19(14-15)31-4/h6-10,13-14,21,26H,5,11-12H2,1-4H3/b22-20+. The molecular weight excluding hydrogens is 414 g/mol. The number of nitrogens with zero attached hydrogens (tertiary/aromatic N) is 1. The molecule has 3 rings (SSSR count). The van der Waals surface area contributed by atoms with Gasteiger partial charge in [-0.05, 0) is 36.8 Å². The van der Waals surface area contributed by atoms with Crippen LogP contribution in [0.15, 0.2) is 48.0 Å². The van der Waals surface area contributed by atoms with Crippen LogP contribution in [0.3, 0.4) is 0 Å². The number of ether oxygens (including phenoxy) is 4. The van der Waals surface area contributed by atoms with Gasteiger partial charge in [-0.15, -0.1) is 0 Å². The predicted molar refractivity (Wildman–Crippen MR) is 118 cm³/mol. The minimum absolute atomic E-state index is 0.00743. The third-order valence-corrected chi connectivity index (χ3v) is 5.22. The number of carbonyl (C=O) groups is 2. The van der Waals surface area contributed by atoms with Crippen LogP contribution in [0.25, 0.3) is 5.76 Å². The van der Waals surface area contributed by atoms with Gasteiger partial charge in [0.15, 0.2) is 11.5 Å². The Morgan fingerprint density at radius 3 is 2.44 bits per heavy atom. The van der Waals surface area contributed by atoms with Crippen LogP contribution in [-0.4, -0.2) is 62.8 Å². The van der Waals surface area contributed by atoms with E-state index in [-0.39, 0.29) is 24.5 Å². The maximum atomic E-state index is 13.0. The van der Waals surface area contributed by atoms with Crippen molar-refractivity contribution in [3.63, 3.8) is 0 Å². The van der Waals surface area contributed by atoms with Gasteiger partial charge in [-0.1, -0.05) is 18.2 Å². The lowest BCUT2D eigenvalue weighted by Crippen LogP contribution is -2.32. The Labute approximate surface area is 187 Å². The Kier molecular flexibility index (Phi) is 7.37. The number of methoxy groups -OCH3 is 3. The lowest BCUT2D eigenvalue weighted by Gasteiger charge is -2.25. The molecular formula is C24H27NO7. The average Bonchev–Trinajstić information content (AvgIpc) is 3.07. The maximum Gasteiger partial charge on any atom is 0.295 e. The first kappa shape index (κ1) is 23.1. The average molecular weight is 441 g/mol. The van der Waals surface area contributed by atoms with Crippen LogP contribution >= 0.6 is 0 Å². The van der Waals surface area contributed by atoms with E-state index in [4.69, 9.17) is 18.9 Å². The number of rotatable bonds is 9. The fraction of sp³-hybridized carbons (Fsp3) is 0.333. The lowest BCUT2D eigenvalue weighted by atomic mass is 9.95. The highest BCUT2D eigenvalue weighted by Crippen LogP contribution is 2.42. The van der Waals surface area contributed by atoms with Crippen LogP contribution in [0, 0.1) is 0 Å². The van der Waals surface area contributed by atoms with Gasteiger partial charge >= 0.3 is 0 Å². The van der Waals surface area contributed by atoms with Crippen LogP contribution in [0.2, 0.25) is 0 Å². The van der Waals surface area contributed by atoms with E-state index < -0.39 is 17.7 Å². The molecule has 1 aliphatic heterocycles. The highest BCUT2D eigenvalue weighted by atomic mass is 16.5. The quantitative estimate of drug-likeness (QED) is 0.363. The van der Waals surface area contributed by atoms with E-state index in [2.05, 4.69) is 0 Å². The van der Waals surface area contributed by atoms with Crippen molar-refractivity contribution in [3.8, 4) is 17.2 Å². The molecule has 8 nitrogen and oxygen atoms in total. The summed E-state index contributed by atoms with van der Waals surface area (Å²) < 4.78 is 21.3. The summed E-state index contributed by atoms with van der Waals surface area (Å²) in [6.45, 7) is 2.72. The van der Waals surface area contributed by atoms with Crippen molar-refractivity contribution in [2.24, 2.45) is 0 Å². The molecule has 1 N–H and O–H groups in total. The summed E-state index contributed by atoms with van der Waals surface area (Å²) in [6, 6.07) is 11.1. The molecule has 0 aromatic heterocycles. The van der Waals surface area contributed by atoms with Gasteiger partial charge < -0.3 is 29.0 Å². The van der Waals surface area contributed by atoms with Crippen molar-refractivity contribution in [3.05, 3.63) is 59.2 Å². The number of aliphatic hydroxyl groups excluding tert-OH is 1. The molecule has 32 heavy (non-hydrogen) atoms. The fourth-order valence-corrected chi connectivity index (χ4v) is 3.73. The lowest BCUT2D eigenvalue weighted by molar-refractivity contribution is -0.140.